The minimum Gasteiger partial charge on any atom is -0.312 e. The van der Waals surface area contributed by atoms with E-state index in [4.69, 9.17) is 9.05 Å². The molecule has 0 saturated heterocycles. The first-order chi connectivity index (χ1) is 7.35. The highest BCUT2D eigenvalue weighted by Gasteiger charge is 2.35. The molecule has 0 bridgehead atoms. The van der Waals surface area contributed by atoms with Crippen LogP contribution < -0.4 is 0 Å². The van der Waals surface area contributed by atoms with Gasteiger partial charge in [-0.1, -0.05) is 27.2 Å². The lowest BCUT2D eigenvalue weighted by Gasteiger charge is -2.37. The molecule has 1 fully saturated rings. The van der Waals surface area contributed by atoms with E-state index in [0.29, 0.717) is 17.8 Å². The minimum atomic E-state index is -2.85. The molecule has 0 aromatic rings. The molecule has 96 valence electrons. The molecule has 1 rings (SSSR count). The molecular weight excluding hydrogens is 223 g/mol. The highest BCUT2D eigenvalue weighted by Crippen LogP contribution is 2.49. The minimum absolute atomic E-state index is 0.0968. The molecule has 1 saturated carbocycles. The zero-order chi connectivity index (χ0) is 12.3. The van der Waals surface area contributed by atoms with E-state index in [9.17, 15) is 4.57 Å². The maximum atomic E-state index is 11.9. The van der Waals surface area contributed by atoms with Gasteiger partial charge in [-0.15, -0.1) is 0 Å². The fourth-order valence-corrected chi connectivity index (χ4v) is 3.35. The lowest BCUT2D eigenvalue weighted by Crippen LogP contribution is -2.33. The summed E-state index contributed by atoms with van der Waals surface area (Å²) in [7, 11) is -1.39. The molecule has 0 aromatic carbocycles. The average Bonchev–Trinajstić information content (AvgIpc) is 2.16. The van der Waals surface area contributed by atoms with Gasteiger partial charge in [-0.25, -0.2) is 0 Å². The van der Waals surface area contributed by atoms with Gasteiger partial charge in [0.05, 0.1) is 6.10 Å². The van der Waals surface area contributed by atoms with Crippen LogP contribution in [0.4, 0.5) is 0 Å². The predicted octanol–water partition coefficient (Wildman–Crippen LogP) is 3.93. The molecule has 0 spiro atoms. The third-order valence-electron chi connectivity index (χ3n) is 3.62. The van der Waals surface area contributed by atoms with Crippen molar-refractivity contribution in [2.75, 3.05) is 13.8 Å². The van der Waals surface area contributed by atoms with Crippen LogP contribution in [0.3, 0.4) is 0 Å². The molecule has 1 unspecified atom stereocenters. The van der Waals surface area contributed by atoms with Crippen molar-refractivity contribution >= 4 is 7.60 Å². The van der Waals surface area contributed by atoms with E-state index in [2.05, 4.69) is 20.8 Å². The summed E-state index contributed by atoms with van der Waals surface area (Å²) in [6, 6.07) is 0. The van der Waals surface area contributed by atoms with E-state index in [-0.39, 0.29) is 6.10 Å². The van der Waals surface area contributed by atoms with E-state index in [1.54, 1.807) is 6.66 Å². The first-order valence-electron chi connectivity index (χ1n) is 6.17. The van der Waals surface area contributed by atoms with Crippen molar-refractivity contribution in [3.05, 3.63) is 0 Å². The van der Waals surface area contributed by atoms with Gasteiger partial charge in [0.15, 0.2) is 0 Å². The van der Waals surface area contributed by atoms with Crippen LogP contribution in [0.25, 0.3) is 0 Å². The normalized spacial score (nSPS) is 35.0. The van der Waals surface area contributed by atoms with Crippen molar-refractivity contribution in [3.63, 3.8) is 0 Å². The van der Waals surface area contributed by atoms with Gasteiger partial charge in [0.25, 0.3) is 0 Å². The fraction of sp³-hybridized carbons (Fsp3) is 1.00. The molecular formula is C12H25O3P. The predicted molar refractivity (Wildman–Crippen MR) is 66.8 cm³/mol. The second-order valence-corrected chi connectivity index (χ2v) is 7.54. The van der Waals surface area contributed by atoms with Crippen LogP contribution in [0.15, 0.2) is 0 Å². The maximum Gasteiger partial charge on any atom is 0.327 e. The quantitative estimate of drug-likeness (QED) is 0.707. The van der Waals surface area contributed by atoms with Gasteiger partial charge in [0.2, 0.25) is 0 Å². The Kier molecular flexibility index (Phi) is 5.03. The van der Waals surface area contributed by atoms with Crippen molar-refractivity contribution in [1.82, 2.24) is 0 Å². The molecule has 1 aliphatic rings. The van der Waals surface area contributed by atoms with Gasteiger partial charge in [0, 0.05) is 13.8 Å². The first kappa shape index (κ1) is 14.2. The third kappa shape index (κ3) is 3.87. The second kappa shape index (κ2) is 5.66. The molecule has 4 atom stereocenters. The van der Waals surface area contributed by atoms with Crippen LogP contribution in [0, 0.1) is 17.8 Å². The van der Waals surface area contributed by atoms with E-state index < -0.39 is 7.60 Å². The van der Waals surface area contributed by atoms with Crippen molar-refractivity contribution in [2.24, 2.45) is 17.8 Å². The van der Waals surface area contributed by atoms with Crippen molar-refractivity contribution in [3.8, 4) is 0 Å². The van der Waals surface area contributed by atoms with Crippen LogP contribution in [0.5, 0.6) is 0 Å². The topological polar surface area (TPSA) is 35.5 Å². The lowest BCUT2D eigenvalue weighted by molar-refractivity contribution is 0.0359. The molecule has 0 radical (unpaired) electrons. The smallest absolute Gasteiger partial charge is 0.312 e. The van der Waals surface area contributed by atoms with Gasteiger partial charge >= 0.3 is 7.60 Å². The van der Waals surface area contributed by atoms with Gasteiger partial charge in [0.1, 0.15) is 0 Å². The summed E-state index contributed by atoms with van der Waals surface area (Å²) in [5, 5.41) is 0. The average molecular weight is 248 g/mol. The van der Waals surface area contributed by atoms with E-state index in [0.717, 1.165) is 6.42 Å². The SMILES string of the molecule is COP(C)(=O)O[C@@H]1C[C@H](C)CC[C@H]1C(C)C. The molecule has 0 N–H and O–H groups in total. The van der Waals surface area contributed by atoms with Gasteiger partial charge < -0.3 is 9.05 Å². The van der Waals surface area contributed by atoms with E-state index in [1.807, 2.05) is 0 Å². The largest absolute Gasteiger partial charge is 0.327 e. The Morgan fingerprint density at radius 2 is 1.94 bits per heavy atom. The monoisotopic (exact) mass is 248 g/mol. The van der Waals surface area contributed by atoms with Crippen LogP contribution in [0.1, 0.15) is 40.0 Å². The standard InChI is InChI=1S/C12H25O3P/c1-9(2)11-7-6-10(3)8-12(11)15-16(5,13)14-4/h9-12H,6-8H2,1-5H3/t10-,11+,12-,16?/m1/s1. The lowest BCUT2D eigenvalue weighted by atomic mass is 9.75. The molecule has 4 heteroatoms. The Morgan fingerprint density at radius 1 is 1.31 bits per heavy atom. The fourth-order valence-electron chi connectivity index (χ4n) is 2.52. The maximum absolute atomic E-state index is 11.9. The molecule has 3 nitrogen and oxygen atoms in total. The summed E-state index contributed by atoms with van der Waals surface area (Å²) >= 11 is 0. The molecule has 0 heterocycles. The number of hydrogen-bond donors (Lipinski definition) is 0. The van der Waals surface area contributed by atoms with Crippen molar-refractivity contribution in [2.45, 2.75) is 46.1 Å². The first-order valence-corrected chi connectivity index (χ1v) is 8.16. The van der Waals surface area contributed by atoms with Crippen molar-refractivity contribution < 1.29 is 13.6 Å². The summed E-state index contributed by atoms with van der Waals surface area (Å²) in [5.41, 5.74) is 0. The summed E-state index contributed by atoms with van der Waals surface area (Å²) < 4.78 is 22.5. The van der Waals surface area contributed by atoms with E-state index >= 15 is 0 Å². The van der Waals surface area contributed by atoms with Gasteiger partial charge in [-0.05, 0) is 30.6 Å². The van der Waals surface area contributed by atoms with Gasteiger partial charge in [-0.3, -0.25) is 4.57 Å². The summed E-state index contributed by atoms with van der Waals surface area (Å²) in [5.74, 6) is 1.76. The molecule has 1 aliphatic carbocycles. The van der Waals surface area contributed by atoms with E-state index in [1.165, 1.54) is 20.0 Å². The summed E-state index contributed by atoms with van der Waals surface area (Å²) in [6.07, 6.45) is 3.53. The number of rotatable bonds is 4. The zero-order valence-corrected chi connectivity index (χ0v) is 12.0. The number of hydrogen-bond acceptors (Lipinski definition) is 3. The Morgan fingerprint density at radius 3 is 2.44 bits per heavy atom. The van der Waals surface area contributed by atoms with Crippen LogP contribution in [0.2, 0.25) is 0 Å². The van der Waals surface area contributed by atoms with Crippen molar-refractivity contribution in [1.29, 1.82) is 0 Å². The van der Waals surface area contributed by atoms with Gasteiger partial charge in [-0.2, -0.15) is 0 Å². The highest BCUT2D eigenvalue weighted by molar-refractivity contribution is 7.52. The Balaban J connectivity index is 2.68. The zero-order valence-electron chi connectivity index (χ0n) is 11.1. The Bertz CT molecular complexity index is 265. The molecule has 0 aromatic heterocycles. The van der Waals surface area contributed by atoms with Crippen LogP contribution in [-0.2, 0) is 13.6 Å². The highest BCUT2D eigenvalue weighted by atomic mass is 31.2. The Labute approximate surface area is 99.4 Å². The second-order valence-electron chi connectivity index (χ2n) is 5.42. The third-order valence-corrected chi connectivity index (χ3v) is 4.94. The molecule has 16 heavy (non-hydrogen) atoms. The molecule has 0 amide bonds. The van der Waals surface area contributed by atoms with Crippen LogP contribution in [-0.4, -0.2) is 19.9 Å². The van der Waals surface area contributed by atoms with Crippen LogP contribution >= 0.6 is 7.60 Å². The summed E-state index contributed by atoms with van der Waals surface area (Å²) in [6.45, 7) is 8.22. The Hall–Kier alpha value is 0.150. The summed E-state index contributed by atoms with van der Waals surface area (Å²) in [4.78, 5) is 0. The molecule has 0 aliphatic heterocycles.